The van der Waals surface area contributed by atoms with E-state index in [0.29, 0.717) is 0 Å². The van der Waals surface area contributed by atoms with E-state index in [1.807, 2.05) is 42.1 Å². The van der Waals surface area contributed by atoms with Crippen molar-refractivity contribution in [2.24, 2.45) is 7.05 Å². The number of furan rings is 1. The summed E-state index contributed by atoms with van der Waals surface area (Å²) in [7, 11) is 1.99. The maximum absolute atomic E-state index is 5.56. The van der Waals surface area contributed by atoms with Crippen molar-refractivity contribution in [3.05, 3.63) is 76.7 Å². The molecule has 3 aromatic rings. The van der Waals surface area contributed by atoms with E-state index < -0.39 is 0 Å². The van der Waals surface area contributed by atoms with E-state index in [-0.39, 0.29) is 6.04 Å². The molecule has 2 heterocycles. The van der Waals surface area contributed by atoms with Gasteiger partial charge in [0.15, 0.2) is 0 Å². The van der Waals surface area contributed by atoms with Gasteiger partial charge in [-0.2, -0.15) is 0 Å². The highest BCUT2D eigenvalue weighted by atomic mass is 79.9. The Labute approximate surface area is 131 Å². The largest absolute Gasteiger partial charge is 0.467 e. The van der Waals surface area contributed by atoms with Crippen molar-refractivity contribution < 1.29 is 4.42 Å². The molecule has 0 aliphatic rings. The molecular formula is C16H16BrN3O. The lowest BCUT2D eigenvalue weighted by molar-refractivity contribution is 0.429. The van der Waals surface area contributed by atoms with Crippen molar-refractivity contribution in [1.82, 2.24) is 14.9 Å². The molecule has 5 heteroatoms. The van der Waals surface area contributed by atoms with Gasteiger partial charge in [0.25, 0.3) is 0 Å². The Balaban J connectivity index is 1.82. The zero-order valence-corrected chi connectivity index (χ0v) is 13.2. The van der Waals surface area contributed by atoms with Gasteiger partial charge in [0.2, 0.25) is 0 Å². The first-order valence-electron chi connectivity index (χ1n) is 6.72. The molecule has 3 rings (SSSR count). The monoisotopic (exact) mass is 345 g/mol. The average Bonchev–Trinajstić information content (AvgIpc) is 3.12. The minimum atomic E-state index is -0.0704. The first kappa shape index (κ1) is 14.1. The number of halogens is 1. The van der Waals surface area contributed by atoms with Crippen molar-refractivity contribution in [1.29, 1.82) is 0 Å². The minimum absolute atomic E-state index is 0.0704. The molecule has 0 amide bonds. The van der Waals surface area contributed by atoms with E-state index in [1.165, 1.54) is 5.56 Å². The molecule has 108 valence electrons. The molecule has 0 saturated carbocycles. The van der Waals surface area contributed by atoms with Crippen LogP contribution in [0.25, 0.3) is 0 Å². The van der Waals surface area contributed by atoms with Crippen LogP contribution in [0.1, 0.15) is 23.2 Å². The molecule has 1 unspecified atom stereocenters. The molecule has 1 atom stereocenters. The molecule has 0 radical (unpaired) electrons. The van der Waals surface area contributed by atoms with Crippen LogP contribution in [0.4, 0.5) is 0 Å². The molecule has 2 aromatic heterocycles. The molecule has 1 aromatic carbocycles. The third-order valence-corrected chi connectivity index (χ3v) is 3.84. The number of nitrogens with one attached hydrogen (secondary N) is 1. The third kappa shape index (κ3) is 3.25. The number of hydrogen-bond donors (Lipinski definition) is 1. The van der Waals surface area contributed by atoms with Crippen LogP contribution >= 0.6 is 15.9 Å². The highest BCUT2D eigenvalue weighted by Crippen LogP contribution is 2.21. The number of hydrogen-bond acceptors (Lipinski definition) is 3. The van der Waals surface area contributed by atoms with Crippen molar-refractivity contribution in [2.45, 2.75) is 12.6 Å². The van der Waals surface area contributed by atoms with E-state index >= 15 is 0 Å². The molecule has 0 aliphatic carbocycles. The normalized spacial score (nSPS) is 12.5. The summed E-state index contributed by atoms with van der Waals surface area (Å²) < 4.78 is 8.64. The van der Waals surface area contributed by atoms with E-state index in [2.05, 4.69) is 38.4 Å². The van der Waals surface area contributed by atoms with Crippen LogP contribution in [0.15, 0.2) is 63.9 Å². The molecule has 0 fully saturated rings. The SMILES string of the molecule is Cn1ccnc1C(NCc1cccc(Br)c1)c1ccco1. The summed E-state index contributed by atoms with van der Waals surface area (Å²) in [4.78, 5) is 4.43. The van der Waals surface area contributed by atoms with E-state index in [9.17, 15) is 0 Å². The number of aromatic nitrogens is 2. The molecule has 4 nitrogen and oxygen atoms in total. The van der Waals surface area contributed by atoms with E-state index in [0.717, 1.165) is 22.6 Å². The smallest absolute Gasteiger partial charge is 0.133 e. The maximum atomic E-state index is 5.56. The number of benzene rings is 1. The topological polar surface area (TPSA) is 43.0 Å². The van der Waals surface area contributed by atoms with Crippen LogP contribution in [0, 0.1) is 0 Å². The lowest BCUT2D eigenvalue weighted by Gasteiger charge is -2.16. The fraction of sp³-hybridized carbons (Fsp3) is 0.188. The highest BCUT2D eigenvalue weighted by molar-refractivity contribution is 9.10. The first-order chi connectivity index (χ1) is 10.2. The van der Waals surface area contributed by atoms with Gasteiger partial charge in [-0.15, -0.1) is 0 Å². The Hall–Kier alpha value is -1.85. The van der Waals surface area contributed by atoms with Crippen molar-refractivity contribution in [3.8, 4) is 0 Å². The second kappa shape index (κ2) is 6.28. The maximum Gasteiger partial charge on any atom is 0.133 e. The van der Waals surface area contributed by atoms with E-state index in [4.69, 9.17) is 4.42 Å². The minimum Gasteiger partial charge on any atom is -0.467 e. The number of nitrogens with zero attached hydrogens (tertiary/aromatic N) is 2. The Kier molecular flexibility index (Phi) is 4.22. The van der Waals surface area contributed by atoms with Crippen molar-refractivity contribution in [3.63, 3.8) is 0 Å². The summed E-state index contributed by atoms with van der Waals surface area (Å²) in [6, 6.07) is 12.0. The van der Waals surface area contributed by atoms with Gasteiger partial charge in [-0.1, -0.05) is 28.1 Å². The second-order valence-electron chi connectivity index (χ2n) is 4.86. The Bertz CT molecular complexity index is 706. The molecule has 0 aliphatic heterocycles. The highest BCUT2D eigenvalue weighted by Gasteiger charge is 2.20. The van der Waals surface area contributed by atoms with Crippen LogP contribution in [-0.2, 0) is 13.6 Å². The summed E-state index contributed by atoms with van der Waals surface area (Å²) in [6.45, 7) is 0.734. The van der Waals surface area contributed by atoms with Crippen LogP contribution in [0.3, 0.4) is 0 Å². The summed E-state index contributed by atoms with van der Waals surface area (Å²) in [5.41, 5.74) is 1.20. The Morgan fingerprint density at radius 3 is 2.90 bits per heavy atom. The fourth-order valence-corrected chi connectivity index (χ4v) is 2.74. The predicted molar refractivity (Wildman–Crippen MR) is 84.7 cm³/mol. The van der Waals surface area contributed by atoms with Gasteiger partial charge in [-0.25, -0.2) is 4.98 Å². The number of aryl methyl sites for hydroxylation is 1. The van der Waals surface area contributed by atoms with Gasteiger partial charge in [0, 0.05) is 30.5 Å². The zero-order chi connectivity index (χ0) is 14.7. The summed E-state index contributed by atoms with van der Waals surface area (Å²) in [5, 5.41) is 3.51. The zero-order valence-electron chi connectivity index (χ0n) is 11.7. The van der Waals surface area contributed by atoms with Gasteiger partial charge in [0.05, 0.1) is 6.26 Å². The number of imidazole rings is 1. The molecule has 1 N–H and O–H groups in total. The molecule has 21 heavy (non-hydrogen) atoms. The van der Waals surface area contributed by atoms with Crippen LogP contribution in [0.5, 0.6) is 0 Å². The van der Waals surface area contributed by atoms with E-state index in [1.54, 1.807) is 12.5 Å². The molecular weight excluding hydrogens is 330 g/mol. The van der Waals surface area contributed by atoms with Gasteiger partial charge in [-0.3, -0.25) is 5.32 Å². The second-order valence-corrected chi connectivity index (χ2v) is 5.77. The summed E-state index contributed by atoms with van der Waals surface area (Å²) in [5.74, 6) is 1.79. The number of rotatable bonds is 5. The Morgan fingerprint density at radius 1 is 1.33 bits per heavy atom. The van der Waals surface area contributed by atoms with Crippen LogP contribution in [-0.4, -0.2) is 9.55 Å². The van der Waals surface area contributed by atoms with Crippen molar-refractivity contribution >= 4 is 15.9 Å². The van der Waals surface area contributed by atoms with Gasteiger partial charge >= 0.3 is 0 Å². The van der Waals surface area contributed by atoms with Gasteiger partial charge in [-0.05, 0) is 29.8 Å². The summed E-state index contributed by atoms with van der Waals surface area (Å²) in [6.07, 6.45) is 5.42. The predicted octanol–water partition coefficient (Wildman–Crippen LogP) is 3.65. The lowest BCUT2D eigenvalue weighted by atomic mass is 10.1. The molecule has 0 spiro atoms. The lowest BCUT2D eigenvalue weighted by Crippen LogP contribution is -2.24. The molecule has 0 saturated heterocycles. The average molecular weight is 346 g/mol. The summed E-state index contributed by atoms with van der Waals surface area (Å²) >= 11 is 3.50. The first-order valence-corrected chi connectivity index (χ1v) is 7.52. The third-order valence-electron chi connectivity index (χ3n) is 3.34. The fourth-order valence-electron chi connectivity index (χ4n) is 2.30. The molecule has 0 bridgehead atoms. The quantitative estimate of drug-likeness (QED) is 0.767. The van der Waals surface area contributed by atoms with Gasteiger partial charge in [0.1, 0.15) is 17.6 Å². The standard InChI is InChI=1S/C16H16BrN3O/c1-20-8-7-18-16(20)15(14-6-3-9-21-14)19-11-12-4-2-5-13(17)10-12/h2-10,15,19H,11H2,1H3. The van der Waals surface area contributed by atoms with Crippen LogP contribution < -0.4 is 5.32 Å². The van der Waals surface area contributed by atoms with Crippen LogP contribution in [0.2, 0.25) is 0 Å². The van der Waals surface area contributed by atoms with Gasteiger partial charge < -0.3 is 8.98 Å². The van der Waals surface area contributed by atoms with Crippen molar-refractivity contribution in [2.75, 3.05) is 0 Å². The Morgan fingerprint density at radius 2 is 2.24 bits per heavy atom.